The van der Waals surface area contributed by atoms with Gasteiger partial charge >= 0.3 is 0 Å². The van der Waals surface area contributed by atoms with E-state index >= 15 is 0 Å². The van der Waals surface area contributed by atoms with E-state index in [0.717, 1.165) is 22.5 Å². The average molecular weight is 371 g/mol. The number of rotatable bonds is 5. The van der Waals surface area contributed by atoms with Gasteiger partial charge in [0.25, 0.3) is 0 Å². The fourth-order valence-electron chi connectivity index (χ4n) is 2.92. The monoisotopic (exact) mass is 370 g/mol. The lowest BCUT2D eigenvalue weighted by Crippen LogP contribution is -2.37. The quantitative estimate of drug-likeness (QED) is 0.629. The maximum absolute atomic E-state index is 11.7. The molecule has 6 nitrogen and oxygen atoms in total. The van der Waals surface area contributed by atoms with Gasteiger partial charge in [-0.3, -0.25) is 4.68 Å². The van der Waals surface area contributed by atoms with Gasteiger partial charge in [0.15, 0.2) is 14.9 Å². The lowest BCUT2D eigenvalue weighted by atomic mass is 10.2. The summed E-state index contributed by atoms with van der Waals surface area (Å²) in [7, 11) is -0.992. The Balaban J connectivity index is 2.11. The van der Waals surface area contributed by atoms with Gasteiger partial charge in [0.2, 0.25) is 0 Å². The number of sulfone groups is 1. The summed E-state index contributed by atoms with van der Waals surface area (Å²) in [6.45, 7) is 11.1. The smallest absolute Gasteiger partial charge is 0.169 e. The van der Waals surface area contributed by atoms with Crippen molar-refractivity contribution >= 4 is 27.2 Å². The van der Waals surface area contributed by atoms with E-state index in [2.05, 4.69) is 17.0 Å². The first-order valence-corrected chi connectivity index (χ1v) is 10.2. The predicted molar refractivity (Wildman–Crippen MR) is 101 cm³/mol. The molecule has 0 saturated carbocycles. The third-order valence-corrected chi connectivity index (χ3v) is 6.52. The molecule has 1 N–H and O–H groups in total. The minimum absolute atomic E-state index is 0.0544. The summed E-state index contributed by atoms with van der Waals surface area (Å²) in [5.41, 5.74) is 4.06. The van der Waals surface area contributed by atoms with E-state index < -0.39 is 9.84 Å². The third-order valence-electron chi connectivity index (χ3n) is 4.31. The molecule has 0 bridgehead atoms. The fourth-order valence-corrected chi connectivity index (χ4v) is 4.75. The largest absolute Gasteiger partial charge is 0.359 e. The molecule has 8 heteroatoms. The molecule has 1 aromatic rings. The molecule has 0 spiro atoms. The molecule has 2 heterocycles. The highest BCUT2D eigenvalue weighted by atomic mass is 32.2. The van der Waals surface area contributed by atoms with Crippen LogP contribution in [0.1, 0.15) is 36.3 Å². The highest BCUT2D eigenvalue weighted by Crippen LogP contribution is 2.27. The summed E-state index contributed by atoms with van der Waals surface area (Å²) in [6, 6.07) is -0.0544. The highest BCUT2D eigenvalue weighted by molar-refractivity contribution is 7.91. The summed E-state index contributed by atoms with van der Waals surface area (Å²) in [5.74, 6) is 0.434. The van der Waals surface area contributed by atoms with Crippen LogP contribution in [0.2, 0.25) is 0 Å². The number of thiocarbonyl (C=S) groups is 1. The van der Waals surface area contributed by atoms with Crippen LogP contribution in [-0.2, 0) is 16.4 Å². The number of hydrogen-bond donors (Lipinski definition) is 1. The topological polar surface area (TPSA) is 67.2 Å². The second-order valence-corrected chi connectivity index (χ2v) is 9.24. The molecule has 1 aromatic heterocycles. The van der Waals surface area contributed by atoms with Gasteiger partial charge in [-0.1, -0.05) is 12.2 Å². The summed E-state index contributed by atoms with van der Waals surface area (Å²) in [4.78, 5) is 1.96. The van der Waals surface area contributed by atoms with Crippen molar-refractivity contribution in [2.45, 2.75) is 39.8 Å². The van der Waals surface area contributed by atoms with Gasteiger partial charge in [0, 0.05) is 31.4 Å². The Morgan fingerprint density at radius 2 is 2.17 bits per heavy atom. The summed E-state index contributed by atoms with van der Waals surface area (Å²) >= 11 is 5.39. The molecular formula is C16H26N4O2S2. The maximum atomic E-state index is 11.7. The summed E-state index contributed by atoms with van der Waals surface area (Å²) in [5, 5.41) is 8.42. The first-order valence-electron chi connectivity index (χ1n) is 7.99. The molecule has 1 saturated heterocycles. The molecule has 1 aliphatic rings. The standard InChI is InChI=1S/C16H26N4O2S2/c1-11(2)8-17-16(23)19(5)9-15-12(3)18-20(13(15)4)14-6-7-24(21,22)10-14/h14H,1,6-10H2,2-5H3,(H,17,23)/t14-/m1/s1. The van der Waals surface area contributed by atoms with E-state index in [4.69, 9.17) is 12.2 Å². The van der Waals surface area contributed by atoms with E-state index in [-0.39, 0.29) is 17.5 Å². The second kappa shape index (κ2) is 7.23. The van der Waals surface area contributed by atoms with Crippen molar-refractivity contribution < 1.29 is 8.42 Å². The van der Waals surface area contributed by atoms with Crippen molar-refractivity contribution in [3.05, 3.63) is 29.1 Å². The second-order valence-electron chi connectivity index (χ2n) is 6.62. The first-order chi connectivity index (χ1) is 11.1. The fraction of sp³-hybridized carbons (Fsp3) is 0.625. The van der Waals surface area contributed by atoms with E-state index in [0.29, 0.717) is 24.6 Å². The van der Waals surface area contributed by atoms with Gasteiger partial charge in [0.05, 0.1) is 23.2 Å². The Morgan fingerprint density at radius 1 is 1.50 bits per heavy atom. The molecule has 1 fully saturated rings. The van der Waals surface area contributed by atoms with Crippen molar-refractivity contribution in [3.63, 3.8) is 0 Å². The molecular weight excluding hydrogens is 344 g/mol. The third kappa shape index (κ3) is 4.36. The van der Waals surface area contributed by atoms with Gasteiger partial charge < -0.3 is 10.2 Å². The molecule has 0 aliphatic carbocycles. The molecule has 0 unspecified atom stereocenters. The van der Waals surface area contributed by atoms with Crippen LogP contribution in [0.4, 0.5) is 0 Å². The lowest BCUT2D eigenvalue weighted by Gasteiger charge is -2.21. The SMILES string of the molecule is C=C(C)CNC(=S)N(C)Cc1c(C)nn([C@@H]2CCS(=O)(=O)C2)c1C. The molecule has 0 aromatic carbocycles. The van der Waals surface area contributed by atoms with Gasteiger partial charge in [-0.25, -0.2) is 8.42 Å². The zero-order valence-electron chi connectivity index (χ0n) is 14.8. The normalized spacial score (nSPS) is 19.2. The van der Waals surface area contributed by atoms with Crippen molar-refractivity contribution in [1.29, 1.82) is 0 Å². The molecule has 1 atom stereocenters. The molecule has 2 rings (SSSR count). The minimum Gasteiger partial charge on any atom is -0.359 e. The summed E-state index contributed by atoms with van der Waals surface area (Å²) < 4.78 is 25.3. The van der Waals surface area contributed by atoms with Crippen LogP contribution < -0.4 is 5.32 Å². The zero-order chi connectivity index (χ0) is 18.1. The van der Waals surface area contributed by atoms with Crippen LogP contribution in [-0.4, -0.2) is 53.3 Å². The highest BCUT2D eigenvalue weighted by Gasteiger charge is 2.31. The van der Waals surface area contributed by atoms with Crippen molar-refractivity contribution in [2.24, 2.45) is 0 Å². The van der Waals surface area contributed by atoms with Gasteiger partial charge in [-0.05, 0) is 39.4 Å². The van der Waals surface area contributed by atoms with Gasteiger partial charge in [-0.15, -0.1) is 0 Å². The molecule has 0 amide bonds. The van der Waals surface area contributed by atoms with E-state index in [1.165, 1.54) is 0 Å². The van der Waals surface area contributed by atoms with Crippen LogP contribution in [0, 0.1) is 13.8 Å². The summed E-state index contributed by atoms with van der Waals surface area (Å²) in [6.07, 6.45) is 0.637. The van der Waals surface area contributed by atoms with E-state index in [1.807, 2.05) is 37.4 Å². The van der Waals surface area contributed by atoms with Crippen LogP contribution in [0.15, 0.2) is 12.2 Å². The van der Waals surface area contributed by atoms with Crippen LogP contribution in [0.5, 0.6) is 0 Å². The number of nitrogens with one attached hydrogen (secondary N) is 1. The van der Waals surface area contributed by atoms with Crippen LogP contribution in [0.3, 0.4) is 0 Å². The Hall–Kier alpha value is -1.41. The maximum Gasteiger partial charge on any atom is 0.169 e. The van der Waals surface area contributed by atoms with Crippen LogP contribution in [0.25, 0.3) is 0 Å². The Labute approximate surface area is 149 Å². The Morgan fingerprint density at radius 3 is 2.71 bits per heavy atom. The lowest BCUT2D eigenvalue weighted by molar-refractivity contribution is 0.475. The zero-order valence-corrected chi connectivity index (χ0v) is 16.4. The molecule has 134 valence electrons. The molecule has 24 heavy (non-hydrogen) atoms. The number of aryl methyl sites for hydroxylation is 1. The van der Waals surface area contributed by atoms with Gasteiger partial charge in [0.1, 0.15) is 0 Å². The predicted octanol–water partition coefficient (Wildman–Crippen LogP) is 1.74. The average Bonchev–Trinajstić information content (AvgIpc) is 2.98. The number of hydrogen-bond acceptors (Lipinski definition) is 4. The van der Waals surface area contributed by atoms with Crippen molar-refractivity contribution in [2.75, 3.05) is 25.1 Å². The van der Waals surface area contributed by atoms with E-state index in [9.17, 15) is 8.42 Å². The first kappa shape index (κ1) is 18.9. The number of aromatic nitrogens is 2. The van der Waals surface area contributed by atoms with Gasteiger partial charge in [-0.2, -0.15) is 5.10 Å². The molecule has 1 aliphatic heterocycles. The molecule has 0 radical (unpaired) electrons. The van der Waals surface area contributed by atoms with Crippen molar-refractivity contribution in [3.8, 4) is 0 Å². The number of nitrogens with zero attached hydrogens (tertiary/aromatic N) is 3. The Kier molecular flexibility index (Phi) is 5.70. The Bertz CT molecular complexity index is 752. The van der Waals surface area contributed by atoms with Crippen molar-refractivity contribution in [1.82, 2.24) is 20.0 Å². The minimum atomic E-state index is -2.93. The van der Waals surface area contributed by atoms with E-state index in [1.54, 1.807) is 0 Å². The van der Waals surface area contributed by atoms with Crippen LogP contribution >= 0.6 is 12.2 Å².